The third-order valence-electron chi connectivity index (χ3n) is 9.40. The maximum Gasteiger partial charge on any atom is 0.342 e. The van der Waals surface area contributed by atoms with Gasteiger partial charge in [0.25, 0.3) is 0 Å². The number of carbonyl (C=O) groups is 3. The van der Waals surface area contributed by atoms with Gasteiger partial charge in [-0.25, -0.2) is 4.79 Å². The van der Waals surface area contributed by atoms with E-state index in [4.69, 9.17) is 18.9 Å². The van der Waals surface area contributed by atoms with Crippen LogP contribution in [-0.4, -0.2) is 68.8 Å². The summed E-state index contributed by atoms with van der Waals surface area (Å²) in [5.41, 5.74) is -6.46. The third kappa shape index (κ3) is 2.22. The van der Waals surface area contributed by atoms with Gasteiger partial charge >= 0.3 is 17.9 Å². The highest BCUT2D eigenvalue weighted by atomic mass is 16.7. The molecule has 5 aliphatic rings. The Balaban J connectivity index is 1.79. The van der Waals surface area contributed by atoms with E-state index in [9.17, 15) is 24.6 Å². The molecule has 33 heavy (non-hydrogen) atoms. The number of ether oxygens (including phenoxy) is 4. The zero-order valence-corrected chi connectivity index (χ0v) is 19.8. The summed E-state index contributed by atoms with van der Waals surface area (Å²) in [6.07, 6.45) is 0.0717. The molecular weight excluding hydrogens is 432 g/mol. The highest BCUT2D eigenvalue weighted by molar-refractivity contribution is 5.90. The molecule has 2 N–H and O–H groups in total. The minimum absolute atomic E-state index is 0.144. The molecule has 182 valence electrons. The minimum Gasteiger partial charge on any atom is -0.462 e. The van der Waals surface area contributed by atoms with Gasteiger partial charge in [-0.05, 0) is 38.7 Å². The molecule has 2 aliphatic heterocycles. The molecule has 1 spiro atoms. The summed E-state index contributed by atoms with van der Waals surface area (Å²) in [7, 11) is 0. The lowest BCUT2D eigenvalue weighted by molar-refractivity contribution is -0.417. The fraction of sp³-hybridized carbons (Fsp3) is 0.792. The van der Waals surface area contributed by atoms with Gasteiger partial charge in [0.05, 0.1) is 11.5 Å². The minimum atomic E-state index is -1.87. The Morgan fingerprint density at radius 2 is 1.88 bits per heavy atom. The zero-order chi connectivity index (χ0) is 24.4. The van der Waals surface area contributed by atoms with E-state index in [1.807, 2.05) is 20.8 Å². The van der Waals surface area contributed by atoms with Crippen LogP contribution in [0.25, 0.3) is 0 Å². The van der Waals surface area contributed by atoms with Crippen molar-refractivity contribution in [1.82, 2.24) is 0 Å². The third-order valence-corrected chi connectivity index (χ3v) is 9.40. The molecule has 4 fully saturated rings. The van der Waals surface area contributed by atoms with Gasteiger partial charge in [0.15, 0.2) is 22.9 Å². The van der Waals surface area contributed by atoms with Gasteiger partial charge < -0.3 is 29.2 Å². The molecule has 10 unspecified atom stereocenters. The highest BCUT2D eigenvalue weighted by Gasteiger charge is 3.00. The molecule has 2 saturated heterocycles. The van der Waals surface area contributed by atoms with Crippen LogP contribution in [0, 0.1) is 17.3 Å². The fourth-order valence-electron chi connectivity index (χ4n) is 8.06. The summed E-state index contributed by atoms with van der Waals surface area (Å²) in [5.74, 6) is -2.88. The van der Waals surface area contributed by atoms with Gasteiger partial charge in [-0.1, -0.05) is 19.4 Å². The van der Waals surface area contributed by atoms with Gasteiger partial charge in [0, 0.05) is 26.2 Å². The molecule has 0 aromatic heterocycles. The van der Waals surface area contributed by atoms with Crippen molar-refractivity contribution in [3.05, 3.63) is 11.6 Å². The van der Waals surface area contributed by atoms with Crippen molar-refractivity contribution in [1.29, 1.82) is 0 Å². The maximum absolute atomic E-state index is 12.9. The summed E-state index contributed by atoms with van der Waals surface area (Å²) in [4.78, 5) is 37.4. The Kier molecular flexibility index (Phi) is 4.40. The molecular formula is C24H32O9. The topological polar surface area (TPSA) is 132 Å². The highest BCUT2D eigenvalue weighted by Crippen LogP contribution is 2.81. The van der Waals surface area contributed by atoms with Gasteiger partial charge in [0.1, 0.15) is 11.7 Å². The van der Waals surface area contributed by atoms with E-state index in [-0.39, 0.29) is 12.8 Å². The normalized spacial score (nSPS) is 54.0. The second-order valence-corrected chi connectivity index (χ2v) is 10.9. The molecule has 2 heterocycles. The lowest BCUT2D eigenvalue weighted by atomic mass is 9.30. The quantitative estimate of drug-likeness (QED) is 0.268. The fourth-order valence-corrected chi connectivity index (χ4v) is 8.06. The molecule has 0 amide bonds. The number of carbonyl (C=O) groups excluding carboxylic acids is 3. The molecule has 0 aromatic carbocycles. The van der Waals surface area contributed by atoms with Crippen LogP contribution in [0.15, 0.2) is 11.6 Å². The molecule has 0 radical (unpaired) electrons. The second-order valence-electron chi connectivity index (χ2n) is 10.9. The number of allylic oxidation sites excluding steroid dienone is 1. The van der Waals surface area contributed by atoms with Gasteiger partial charge in [-0.3, -0.25) is 9.59 Å². The van der Waals surface area contributed by atoms with Gasteiger partial charge in [-0.2, -0.15) is 0 Å². The molecule has 3 aliphatic carbocycles. The zero-order valence-electron chi connectivity index (χ0n) is 19.8. The average molecular weight is 465 g/mol. The van der Waals surface area contributed by atoms with Crippen molar-refractivity contribution in [3.63, 3.8) is 0 Å². The van der Waals surface area contributed by atoms with Crippen LogP contribution in [-0.2, 0) is 33.3 Å². The Hall–Kier alpha value is -1.97. The van der Waals surface area contributed by atoms with Crippen molar-refractivity contribution >= 4 is 17.9 Å². The molecule has 2 saturated carbocycles. The maximum atomic E-state index is 12.9. The van der Waals surface area contributed by atoms with Crippen LogP contribution in [0.2, 0.25) is 0 Å². The molecule has 5 rings (SSSR count). The van der Waals surface area contributed by atoms with Crippen LogP contribution >= 0.6 is 0 Å². The molecule has 9 heteroatoms. The standard InChI is InChI=1S/C24H32O9/c1-11-7-8-22(32-14(4)26)20(5)16(30-13(3)25)10-15(27)12(2)18(20)23(22,29)24-17(9-11)31-19(28)21(24,6)33-24/h9,12,15-18,27,29H,7-8,10H2,1-6H3. The predicted octanol–water partition coefficient (Wildman–Crippen LogP) is 1.18. The first-order chi connectivity index (χ1) is 15.2. The van der Waals surface area contributed by atoms with Crippen molar-refractivity contribution in [3.8, 4) is 0 Å². The van der Waals surface area contributed by atoms with Crippen LogP contribution in [0.5, 0.6) is 0 Å². The lowest BCUT2D eigenvalue weighted by Gasteiger charge is -2.77. The van der Waals surface area contributed by atoms with E-state index >= 15 is 0 Å². The van der Waals surface area contributed by atoms with E-state index in [1.54, 1.807) is 13.0 Å². The van der Waals surface area contributed by atoms with E-state index in [2.05, 4.69) is 0 Å². The van der Waals surface area contributed by atoms with E-state index < -0.39 is 75.9 Å². The van der Waals surface area contributed by atoms with Crippen LogP contribution in [0.4, 0.5) is 0 Å². The van der Waals surface area contributed by atoms with Crippen LogP contribution < -0.4 is 0 Å². The van der Waals surface area contributed by atoms with Crippen molar-refractivity contribution in [2.45, 2.75) is 102 Å². The summed E-state index contributed by atoms with van der Waals surface area (Å²) >= 11 is 0. The monoisotopic (exact) mass is 464 g/mol. The van der Waals surface area contributed by atoms with Crippen molar-refractivity contribution in [2.75, 3.05) is 0 Å². The summed E-state index contributed by atoms with van der Waals surface area (Å²) in [6.45, 7) is 9.69. The van der Waals surface area contributed by atoms with Crippen LogP contribution in [0.1, 0.15) is 60.8 Å². The van der Waals surface area contributed by atoms with Crippen molar-refractivity contribution in [2.24, 2.45) is 17.3 Å². The Morgan fingerprint density at radius 1 is 1.21 bits per heavy atom. The predicted molar refractivity (Wildman–Crippen MR) is 111 cm³/mol. The first-order valence-electron chi connectivity index (χ1n) is 11.6. The van der Waals surface area contributed by atoms with Gasteiger partial charge in [-0.15, -0.1) is 0 Å². The average Bonchev–Trinajstić information content (AvgIpc) is 3.30. The first kappa shape index (κ1) is 22.8. The molecule has 0 aromatic rings. The van der Waals surface area contributed by atoms with E-state index in [0.29, 0.717) is 6.42 Å². The Labute approximate surface area is 192 Å². The number of hydrogen-bond donors (Lipinski definition) is 2. The molecule has 10 atom stereocenters. The second kappa shape index (κ2) is 6.37. The number of epoxide rings is 1. The number of fused-ring (bicyclic) bond motifs is 4. The Morgan fingerprint density at radius 3 is 2.45 bits per heavy atom. The summed E-state index contributed by atoms with van der Waals surface area (Å²) in [5, 5.41) is 23.7. The summed E-state index contributed by atoms with van der Waals surface area (Å²) in [6, 6.07) is 0. The number of aliphatic hydroxyl groups excluding tert-OH is 1. The van der Waals surface area contributed by atoms with Gasteiger partial charge in [0.2, 0.25) is 0 Å². The lowest BCUT2D eigenvalue weighted by Crippen LogP contribution is -2.92. The number of aliphatic hydroxyl groups is 2. The smallest absolute Gasteiger partial charge is 0.342 e. The Bertz CT molecular complexity index is 990. The molecule has 9 nitrogen and oxygen atoms in total. The number of esters is 3. The largest absolute Gasteiger partial charge is 0.462 e. The van der Waals surface area contributed by atoms with E-state index in [1.165, 1.54) is 13.8 Å². The summed E-state index contributed by atoms with van der Waals surface area (Å²) < 4.78 is 23.6. The van der Waals surface area contributed by atoms with Crippen LogP contribution in [0.3, 0.4) is 0 Å². The first-order valence-corrected chi connectivity index (χ1v) is 11.6. The number of hydrogen-bond acceptors (Lipinski definition) is 9. The van der Waals surface area contributed by atoms with E-state index in [0.717, 1.165) is 5.57 Å². The molecule has 0 bridgehead atoms. The number of rotatable bonds is 2. The van der Waals surface area contributed by atoms with Crippen molar-refractivity contribution < 1.29 is 43.5 Å². The SMILES string of the molecule is CC(=O)OC1CC(O)C(C)C2C1(C)C1(OC(C)=O)CCC(C)=CC3OC(=O)C4(C)OC34C21O.